The number of thiophene rings is 1. The third-order valence-corrected chi connectivity index (χ3v) is 5.28. The number of hydrogen-bond acceptors (Lipinski definition) is 3. The van der Waals surface area contributed by atoms with E-state index >= 15 is 0 Å². The van der Waals surface area contributed by atoms with Gasteiger partial charge in [0.2, 0.25) is 0 Å². The molecule has 1 aliphatic rings. The van der Waals surface area contributed by atoms with Gasteiger partial charge in [0.05, 0.1) is 11.9 Å². The molecule has 0 atom stereocenters. The van der Waals surface area contributed by atoms with Crippen LogP contribution < -0.4 is 11.2 Å². The summed E-state index contributed by atoms with van der Waals surface area (Å²) in [7, 11) is 0. The van der Waals surface area contributed by atoms with Crippen LogP contribution in [0.5, 0.6) is 0 Å². The molecule has 1 aromatic carbocycles. The lowest BCUT2D eigenvalue weighted by Crippen LogP contribution is -2.35. The number of nitrogens with zero attached hydrogens (tertiary/aromatic N) is 1. The highest BCUT2D eigenvalue weighted by molar-refractivity contribution is 7.18. The van der Waals surface area contributed by atoms with Crippen LogP contribution in [0.3, 0.4) is 0 Å². The zero-order valence-electron chi connectivity index (χ0n) is 11.7. The van der Waals surface area contributed by atoms with Crippen molar-refractivity contribution in [1.82, 2.24) is 9.55 Å². The Morgan fingerprint density at radius 1 is 1.27 bits per heavy atom. The monoisotopic (exact) mass is 316 g/mol. The van der Waals surface area contributed by atoms with Crippen LogP contribution in [-0.4, -0.2) is 9.55 Å². The number of rotatable bonds is 2. The van der Waals surface area contributed by atoms with Gasteiger partial charge in [0.15, 0.2) is 0 Å². The molecule has 0 fully saturated rings. The van der Waals surface area contributed by atoms with Crippen molar-refractivity contribution in [3.63, 3.8) is 0 Å². The van der Waals surface area contributed by atoms with Gasteiger partial charge in [0.25, 0.3) is 5.56 Å². The summed E-state index contributed by atoms with van der Waals surface area (Å²) in [6, 6.07) is 5.96. The first kappa shape index (κ1) is 13.5. The summed E-state index contributed by atoms with van der Waals surface area (Å²) in [5.41, 5.74) is 0.956. The van der Waals surface area contributed by atoms with Crippen LogP contribution in [0.2, 0.25) is 0 Å². The predicted octanol–water partition coefficient (Wildman–Crippen LogP) is 2.43. The highest BCUT2D eigenvalue weighted by atomic mass is 32.1. The van der Waals surface area contributed by atoms with E-state index in [0.29, 0.717) is 15.8 Å². The molecule has 1 N–H and O–H groups in total. The van der Waals surface area contributed by atoms with E-state index in [1.165, 1.54) is 28.3 Å². The lowest BCUT2D eigenvalue weighted by Gasteiger charge is -2.06. The standard InChI is InChI=1S/C16H13FN2O2S/c17-10-4-1-3-9(7-10)8-19-15(20)13-11-5-2-6-12(11)22-14(13)18-16(19)21/h1,3-4,7H,2,5-6,8H2,(H,18,21). The maximum absolute atomic E-state index is 13.3. The summed E-state index contributed by atoms with van der Waals surface area (Å²) >= 11 is 1.50. The minimum absolute atomic E-state index is 0.0759. The summed E-state index contributed by atoms with van der Waals surface area (Å²) in [6.45, 7) is 0.0759. The molecule has 4 rings (SSSR count). The van der Waals surface area contributed by atoms with Crippen LogP contribution in [0, 0.1) is 5.82 Å². The first-order valence-corrected chi connectivity index (χ1v) is 7.97. The number of H-pyrrole nitrogens is 1. The van der Waals surface area contributed by atoms with Crippen LogP contribution >= 0.6 is 11.3 Å². The lowest BCUT2D eigenvalue weighted by atomic mass is 10.2. The normalized spacial score (nSPS) is 13.7. The molecule has 0 spiro atoms. The van der Waals surface area contributed by atoms with Gasteiger partial charge in [-0.1, -0.05) is 12.1 Å². The van der Waals surface area contributed by atoms with Crippen molar-refractivity contribution < 1.29 is 4.39 Å². The first-order chi connectivity index (χ1) is 10.6. The van der Waals surface area contributed by atoms with E-state index in [9.17, 15) is 14.0 Å². The molecule has 0 radical (unpaired) electrons. The molecule has 1 aliphatic carbocycles. The summed E-state index contributed by atoms with van der Waals surface area (Å²) in [5.74, 6) is -0.375. The molecule has 0 saturated heterocycles. The minimum atomic E-state index is -0.443. The van der Waals surface area contributed by atoms with Crippen molar-refractivity contribution in [2.75, 3.05) is 0 Å². The van der Waals surface area contributed by atoms with Gasteiger partial charge in [-0.05, 0) is 42.5 Å². The molecule has 0 amide bonds. The zero-order chi connectivity index (χ0) is 15.3. The summed E-state index contributed by atoms with van der Waals surface area (Å²) in [5, 5.41) is 0.633. The number of halogens is 1. The first-order valence-electron chi connectivity index (χ1n) is 7.15. The second-order valence-electron chi connectivity index (χ2n) is 5.51. The van der Waals surface area contributed by atoms with Gasteiger partial charge in [-0.2, -0.15) is 0 Å². The van der Waals surface area contributed by atoms with Crippen LogP contribution in [0.4, 0.5) is 4.39 Å². The Hall–Kier alpha value is -2.21. The van der Waals surface area contributed by atoms with Crippen molar-refractivity contribution in [2.24, 2.45) is 0 Å². The number of nitrogens with one attached hydrogen (secondary N) is 1. The Bertz CT molecular complexity index is 1000. The van der Waals surface area contributed by atoms with Crippen LogP contribution in [0.15, 0.2) is 33.9 Å². The molecule has 22 heavy (non-hydrogen) atoms. The molecule has 2 heterocycles. The molecule has 0 unspecified atom stereocenters. The van der Waals surface area contributed by atoms with Crippen molar-refractivity contribution in [3.05, 3.63) is 66.9 Å². The van der Waals surface area contributed by atoms with E-state index in [0.717, 1.165) is 29.4 Å². The van der Waals surface area contributed by atoms with Gasteiger partial charge in [0.1, 0.15) is 10.6 Å². The summed E-state index contributed by atoms with van der Waals surface area (Å²) in [4.78, 5) is 29.6. The van der Waals surface area contributed by atoms with E-state index < -0.39 is 5.69 Å². The average Bonchev–Trinajstić information content (AvgIpc) is 3.03. The fraction of sp³-hybridized carbons (Fsp3) is 0.250. The maximum atomic E-state index is 13.3. The Balaban J connectivity index is 1.91. The lowest BCUT2D eigenvalue weighted by molar-refractivity contribution is 0.621. The zero-order valence-corrected chi connectivity index (χ0v) is 12.5. The van der Waals surface area contributed by atoms with E-state index in [2.05, 4.69) is 4.98 Å². The van der Waals surface area contributed by atoms with Gasteiger partial charge < -0.3 is 0 Å². The highest BCUT2D eigenvalue weighted by Crippen LogP contribution is 2.33. The van der Waals surface area contributed by atoms with E-state index in [4.69, 9.17) is 0 Å². The third-order valence-electron chi connectivity index (χ3n) is 4.08. The Kier molecular flexibility index (Phi) is 3.00. The van der Waals surface area contributed by atoms with Gasteiger partial charge in [-0.15, -0.1) is 11.3 Å². The molecule has 0 saturated carbocycles. The van der Waals surface area contributed by atoms with E-state index in [1.807, 2.05) is 0 Å². The number of aromatic nitrogens is 2. The number of fused-ring (bicyclic) bond motifs is 3. The van der Waals surface area contributed by atoms with Crippen molar-refractivity contribution in [1.29, 1.82) is 0 Å². The highest BCUT2D eigenvalue weighted by Gasteiger charge is 2.22. The molecule has 112 valence electrons. The van der Waals surface area contributed by atoms with Crippen LogP contribution in [0.1, 0.15) is 22.4 Å². The predicted molar refractivity (Wildman–Crippen MR) is 84.2 cm³/mol. The van der Waals surface area contributed by atoms with Gasteiger partial charge in [-0.3, -0.25) is 14.3 Å². The fourth-order valence-corrected chi connectivity index (χ4v) is 4.34. The quantitative estimate of drug-likeness (QED) is 0.789. The molecular formula is C16H13FN2O2S. The molecule has 6 heteroatoms. The average molecular weight is 316 g/mol. The number of aryl methyl sites for hydroxylation is 2. The minimum Gasteiger partial charge on any atom is -0.298 e. The maximum Gasteiger partial charge on any atom is 0.329 e. The van der Waals surface area contributed by atoms with Crippen molar-refractivity contribution in [2.45, 2.75) is 25.8 Å². The molecule has 2 aromatic heterocycles. The molecule has 0 bridgehead atoms. The smallest absolute Gasteiger partial charge is 0.298 e. The fourth-order valence-electron chi connectivity index (χ4n) is 3.07. The Morgan fingerprint density at radius 3 is 2.95 bits per heavy atom. The van der Waals surface area contributed by atoms with Crippen molar-refractivity contribution in [3.8, 4) is 0 Å². The number of hydrogen-bond donors (Lipinski definition) is 1. The topological polar surface area (TPSA) is 54.9 Å². The Morgan fingerprint density at radius 2 is 2.14 bits per heavy atom. The third kappa shape index (κ3) is 2.02. The second-order valence-corrected chi connectivity index (χ2v) is 6.62. The molecule has 0 aliphatic heterocycles. The second kappa shape index (κ2) is 4.91. The van der Waals surface area contributed by atoms with Gasteiger partial charge in [0, 0.05) is 4.88 Å². The van der Waals surface area contributed by atoms with Gasteiger partial charge in [-0.25, -0.2) is 9.18 Å². The summed E-state index contributed by atoms with van der Waals surface area (Å²) in [6.07, 6.45) is 2.91. The van der Waals surface area contributed by atoms with Crippen molar-refractivity contribution >= 4 is 21.6 Å². The molecular weight excluding hydrogens is 303 g/mol. The number of benzene rings is 1. The molecule has 4 nitrogen and oxygen atoms in total. The Labute approximate surface area is 128 Å². The van der Waals surface area contributed by atoms with Gasteiger partial charge >= 0.3 is 5.69 Å². The number of aromatic amines is 1. The van der Waals surface area contributed by atoms with E-state index in [1.54, 1.807) is 12.1 Å². The van der Waals surface area contributed by atoms with Crippen LogP contribution in [-0.2, 0) is 19.4 Å². The van der Waals surface area contributed by atoms with Crippen LogP contribution in [0.25, 0.3) is 10.2 Å². The largest absolute Gasteiger partial charge is 0.329 e. The van der Waals surface area contributed by atoms with E-state index in [-0.39, 0.29) is 17.9 Å². The summed E-state index contributed by atoms with van der Waals surface area (Å²) < 4.78 is 14.4. The molecule has 3 aromatic rings. The SMILES string of the molecule is O=c1[nH]c2sc3c(c2c(=O)n1Cc1cccc(F)c1)CCC3.